The largest absolute Gasteiger partial charge is 0.371 e. The predicted octanol–water partition coefficient (Wildman–Crippen LogP) is 3.52. The smallest absolute Gasteiger partial charge is 0.152 e. The summed E-state index contributed by atoms with van der Waals surface area (Å²) in [5.74, 6) is 0. The summed E-state index contributed by atoms with van der Waals surface area (Å²) in [5, 5.41) is 0. The number of benzene rings is 2. The molecule has 0 bridgehead atoms. The fourth-order valence-corrected chi connectivity index (χ4v) is 4.46. The van der Waals surface area contributed by atoms with Crippen molar-refractivity contribution < 1.29 is 8.42 Å². The molecule has 2 atom stereocenters. The van der Waals surface area contributed by atoms with Gasteiger partial charge in [-0.2, -0.15) is 0 Å². The van der Waals surface area contributed by atoms with Crippen LogP contribution in [-0.4, -0.2) is 27.8 Å². The molecule has 2 aromatic carbocycles. The van der Waals surface area contributed by atoms with Crippen LogP contribution in [-0.2, 0) is 22.0 Å². The van der Waals surface area contributed by atoms with E-state index in [0.717, 1.165) is 35.0 Å². The maximum Gasteiger partial charge on any atom is 0.152 e. The fourth-order valence-electron chi connectivity index (χ4n) is 2.94. The van der Waals surface area contributed by atoms with E-state index in [1.807, 2.05) is 48.5 Å². The lowest BCUT2D eigenvalue weighted by molar-refractivity contribution is 0.575. The van der Waals surface area contributed by atoms with Crippen LogP contribution in [0.2, 0.25) is 0 Å². The highest BCUT2D eigenvalue weighted by Crippen LogP contribution is 2.27. The third kappa shape index (κ3) is 4.83. The Labute approximate surface area is 154 Å². The minimum absolute atomic E-state index is 0.763. The summed E-state index contributed by atoms with van der Waals surface area (Å²) >= 11 is 0. The zero-order chi connectivity index (χ0) is 17.6. The van der Waals surface area contributed by atoms with Gasteiger partial charge in [0, 0.05) is 30.7 Å². The first kappa shape index (κ1) is 17.9. The maximum atomic E-state index is 12.8. The van der Waals surface area contributed by atoms with E-state index >= 15 is 0 Å². The summed E-state index contributed by atoms with van der Waals surface area (Å²) in [7, 11) is -2.44. The molecule has 1 heterocycles. The lowest BCUT2D eigenvalue weighted by Gasteiger charge is -2.30. The Morgan fingerprint density at radius 2 is 1.44 bits per heavy atom. The van der Waals surface area contributed by atoms with Crippen LogP contribution in [0.3, 0.4) is 0 Å². The molecule has 3 rings (SSSR count). The summed E-state index contributed by atoms with van der Waals surface area (Å²) < 4.78 is 29.9. The Morgan fingerprint density at radius 1 is 0.840 bits per heavy atom. The molecular weight excluding hydrogens is 354 g/mol. The third-order valence-corrected chi connectivity index (χ3v) is 5.81. The van der Waals surface area contributed by atoms with E-state index in [0.29, 0.717) is 0 Å². The van der Waals surface area contributed by atoms with Crippen molar-refractivity contribution >= 4 is 39.0 Å². The molecule has 0 spiro atoms. The quantitative estimate of drug-likeness (QED) is 0.810. The van der Waals surface area contributed by atoms with Gasteiger partial charge in [0.25, 0.3) is 0 Å². The molecule has 1 fully saturated rings. The molecule has 0 radical (unpaired) electrons. The van der Waals surface area contributed by atoms with Crippen LogP contribution < -0.4 is 14.3 Å². The second kappa shape index (κ2) is 8.49. The molecular formula is C18H23N3O2S2. The van der Waals surface area contributed by atoms with Crippen molar-refractivity contribution in [2.24, 2.45) is 0 Å². The zero-order valence-corrected chi connectivity index (χ0v) is 15.9. The van der Waals surface area contributed by atoms with Gasteiger partial charge in [-0.25, -0.2) is 8.42 Å². The van der Waals surface area contributed by atoms with Crippen LogP contribution >= 0.6 is 0 Å². The molecule has 0 aromatic heterocycles. The summed E-state index contributed by atoms with van der Waals surface area (Å²) in [6.07, 6.45) is 5.21. The molecule has 7 heteroatoms. The molecule has 2 unspecified atom stereocenters. The van der Waals surface area contributed by atoms with Crippen molar-refractivity contribution in [3.8, 4) is 0 Å². The molecule has 5 nitrogen and oxygen atoms in total. The van der Waals surface area contributed by atoms with E-state index in [1.165, 1.54) is 19.3 Å². The van der Waals surface area contributed by atoms with Crippen LogP contribution in [0, 0.1) is 0 Å². The number of rotatable bonds is 6. The highest BCUT2D eigenvalue weighted by Gasteiger charge is 2.17. The van der Waals surface area contributed by atoms with Gasteiger partial charge in [-0.3, -0.25) is 0 Å². The molecule has 1 aliphatic rings. The summed E-state index contributed by atoms with van der Waals surface area (Å²) in [5.41, 5.74) is 2.58. The van der Waals surface area contributed by atoms with Gasteiger partial charge < -0.3 is 14.3 Å². The van der Waals surface area contributed by atoms with E-state index in [9.17, 15) is 8.42 Å². The van der Waals surface area contributed by atoms with E-state index in [1.54, 1.807) is 6.26 Å². The van der Waals surface area contributed by atoms with Gasteiger partial charge in [-0.05, 0) is 55.7 Å². The number of piperidine rings is 1. The SMILES string of the molecule is CS(=O)Nc1ccc(NS(=O)c2ccccc2N2CCCCC2)cc1. The minimum Gasteiger partial charge on any atom is -0.371 e. The average molecular weight is 378 g/mol. The molecule has 25 heavy (non-hydrogen) atoms. The predicted molar refractivity (Wildman–Crippen MR) is 107 cm³/mol. The summed E-state index contributed by atoms with van der Waals surface area (Å²) in [6.45, 7) is 2.03. The Morgan fingerprint density at radius 3 is 2.08 bits per heavy atom. The van der Waals surface area contributed by atoms with Crippen molar-refractivity contribution in [2.45, 2.75) is 24.2 Å². The van der Waals surface area contributed by atoms with Crippen molar-refractivity contribution in [3.05, 3.63) is 48.5 Å². The van der Waals surface area contributed by atoms with Crippen molar-refractivity contribution in [1.29, 1.82) is 0 Å². The van der Waals surface area contributed by atoms with Crippen molar-refractivity contribution in [3.63, 3.8) is 0 Å². The molecule has 2 aromatic rings. The van der Waals surface area contributed by atoms with E-state index in [2.05, 4.69) is 14.3 Å². The number of hydrogen-bond donors (Lipinski definition) is 2. The first-order valence-electron chi connectivity index (χ1n) is 8.36. The Kier molecular flexibility index (Phi) is 6.09. The topological polar surface area (TPSA) is 61.4 Å². The molecule has 134 valence electrons. The van der Waals surface area contributed by atoms with Crippen molar-refractivity contribution in [1.82, 2.24) is 0 Å². The second-order valence-corrected chi connectivity index (χ2v) is 8.31. The molecule has 0 aliphatic carbocycles. The summed E-state index contributed by atoms with van der Waals surface area (Å²) in [4.78, 5) is 3.13. The number of nitrogens with zero attached hydrogens (tertiary/aromatic N) is 1. The van der Waals surface area contributed by atoms with Crippen LogP contribution in [0.1, 0.15) is 19.3 Å². The van der Waals surface area contributed by atoms with Crippen molar-refractivity contribution in [2.75, 3.05) is 33.7 Å². The van der Waals surface area contributed by atoms with Gasteiger partial charge in [0.05, 0.1) is 10.6 Å². The van der Waals surface area contributed by atoms with Gasteiger partial charge in [0.1, 0.15) is 11.0 Å². The fraction of sp³-hybridized carbons (Fsp3) is 0.333. The van der Waals surface area contributed by atoms with E-state index < -0.39 is 22.0 Å². The second-order valence-electron chi connectivity index (χ2n) is 6.02. The van der Waals surface area contributed by atoms with E-state index in [4.69, 9.17) is 0 Å². The first-order valence-corrected chi connectivity index (χ1v) is 11.1. The highest BCUT2D eigenvalue weighted by molar-refractivity contribution is 7.86. The Balaban J connectivity index is 1.74. The third-order valence-electron chi connectivity index (χ3n) is 4.12. The maximum absolute atomic E-state index is 12.8. The average Bonchev–Trinajstić information content (AvgIpc) is 2.63. The van der Waals surface area contributed by atoms with Gasteiger partial charge >= 0.3 is 0 Å². The summed E-state index contributed by atoms with van der Waals surface area (Å²) in [6, 6.07) is 15.2. The van der Waals surface area contributed by atoms with Crippen LogP contribution in [0.25, 0.3) is 0 Å². The minimum atomic E-state index is -1.34. The Hall–Kier alpha value is -1.86. The van der Waals surface area contributed by atoms with Gasteiger partial charge in [0.15, 0.2) is 11.0 Å². The molecule has 1 saturated heterocycles. The number of hydrogen-bond acceptors (Lipinski definition) is 3. The molecule has 0 amide bonds. The number of nitrogens with one attached hydrogen (secondary N) is 2. The Bertz CT molecular complexity index is 759. The molecule has 2 N–H and O–H groups in total. The zero-order valence-electron chi connectivity index (χ0n) is 14.2. The van der Waals surface area contributed by atoms with Crippen LogP contribution in [0.4, 0.5) is 17.1 Å². The number of para-hydroxylation sites is 1. The van der Waals surface area contributed by atoms with Gasteiger partial charge in [-0.15, -0.1) is 0 Å². The highest BCUT2D eigenvalue weighted by atomic mass is 32.2. The normalized spacial score (nSPS) is 16.9. The van der Waals surface area contributed by atoms with Crippen LogP contribution in [0.15, 0.2) is 53.4 Å². The monoisotopic (exact) mass is 377 g/mol. The molecule has 1 aliphatic heterocycles. The molecule has 0 saturated carbocycles. The van der Waals surface area contributed by atoms with Gasteiger partial charge in [-0.1, -0.05) is 12.1 Å². The van der Waals surface area contributed by atoms with E-state index in [-0.39, 0.29) is 0 Å². The van der Waals surface area contributed by atoms with Gasteiger partial charge in [0.2, 0.25) is 0 Å². The number of anilines is 3. The standard InChI is InChI=1S/C18H23N3O2S2/c1-24(22)19-15-9-11-16(12-10-15)20-25(23)18-8-4-3-7-17(18)21-13-5-2-6-14-21/h3-4,7-12,19-20H,2,5-6,13-14H2,1H3. The van der Waals surface area contributed by atoms with Crippen LogP contribution in [0.5, 0.6) is 0 Å². The first-order chi connectivity index (χ1) is 12.1. The lowest BCUT2D eigenvalue weighted by Crippen LogP contribution is -2.30. The lowest BCUT2D eigenvalue weighted by atomic mass is 10.1.